The molecule has 20 heavy (non-hydrogen) atoms. The molecule has 102 valence electrons. The molecule has 0 atom stereocenters. The van der Waals surface area contributed by atoms with E-state index < -0.39 is 17.8 Å². The maximum absolute atomic E-state index is 12.7. The summed E-state index contributed by atoms with van der Waals surface area (Å²) < 4.78 is 12.7. The highest BCUT2D eigenvalue weighted by Gasteiger charge is 2.16. The van der Waals surface area contributed by atoms with Gasteiger partial charge in [0.1, 0.15) is 0 Å². The number of aromatic carboxylic acids is 1. The summed E-state index contributed by atoms with van der Waals surface area (Å²) in [5.41, 5.74) is -0.0698. The predicted octanol–water partition coefficient (Wildman–Crippen LogP) is 2.82. The minimum atomic E-state index is -1.22. The number of benzene rings is 1. The second-order valence-electron chi connectivity index (χ2n) is 3.79. The molecule has 2 rings (SSSR count). The summed E-state index contributed by atoms with van der Waals surface area (Å²) in [5.74, 6) is -2.57. The predicted molar refractivity (Wildman–Crippen MR) is 70.6 cm³/mol. The number of pyridine rings is 1. The SMILES string of the molecule is O=C(Nc1c(Cl)cccc1C(=O)O)c1ccc(F)nc1. The minimum absolute atomic E-state index is 0.0176. The summed E-state index contributed by atoms with van der Waals surface area (Å²) in [4.78, 5) is 26.3. The number of anilines is 1. The van der Waals surface area contributed by atoms with Crippen LogP contribution in [0.1, 0.15) is 20.7 Å². The molecular weight excluding hydrogens is 287 g/mol. The highest BCUT2D eigenvalue weighted by Crippen LogP contribution is 2.26. The second-order valence-corrected chi connectivity index (χ2v) is 4.20. The normalized spacial score (nSPS) is 10.1. The van der Waals surface area contributed by atoms with E-state index in [-0.39, 0.29) is 21.8 Å². The van der Waals surface area contributed by atoms with E-state index in [0.717, 1.165) is 12.3 Å². The van der Waals surface area contributed by atoms with Crippen LogP contribution in [0.2, 0.25) is 5.02 Å². The van der Waals surface area contributed by atoms with Crippen molar-refractivity contribution in [3.8, 4) is 0 Å². The smallest absolute Gasteiger partial charge is 0.337 e. The van der Waals surface area contributed by atoms with E-state index in [1.54, 1.807) is 0 Å². The van der Waals surface area contributed by atoms with Crippen LogP contribution in [0.4, 0.5) is 10.1 Å². The number of carboxylic acids is 1. The molecule has 0 saturated carbocycles. The molecule has 0 spiro atoms. The summed E-state index contributed by atoms with van der Waals surface area (Å²) in [6, 6.07) is 6.48. The average molecular weight is 295 g/mol. The van der Waals surface area contributed by atoms with Crippen LogP contribution in [0.3, 0.4) is 0 Å². The molecule has 7 heteroatoms. The van der Waals surface area contributed by atoms with Crippen molar-refractivity contribution in [3.05, 3.63) is 58.6 Å². The van der Waals surface area contributed by atoms with Crippen molar-refractivity contribution in [2.24, 2.45) is 0 Å². The van der Waals surface area contributed by atoms with E-state index in [4.69, 9.17) is 16.7 Å². The van der Waals surface area contributed by atoms with Gasteiger partial charge >= 0.3 is 5.97 Å². The molecule has 0 fully saturated rings. The van der Waals surface area contributed by atoms with Crippen molar-refractivity contribution in [1.29, 1.82) is 0 Å². The molecule has 2 aromatic rings. The van der Waals surface area contributed by atoms with Crippen LogP contribution < -0.4 is 5.32 Å². The Morgan fingerprint density at radius 1 is 1.25 bits per heavy atom. The molecule has 5 nitrogen and oxygen atoms in total. The molecule has 0 unspecified atom stereocenters. The van der Waals surface area contributed by atoms with E-state index >= 15 is 0 Å². The Kier molecular flexibility index (Phi) is 3.95. The van der Waals surface area contributed by atoms with E-state index in [1.807, 2.05) is 0 Å². The van der Waals surface area contributed by atoms with Crippen molar-refractivity contribution in [1.82, 2.24) is 4.98 Å². The topological polar surface area (TPSA) is 79.3 Å². The van der Waals surface area contributed by atoms with Gasteiger partial charge in [-0.1, -0.05) is 17.7 Å². The summed E-state index contributed by atoms with van der Waals surface area (Å²) in [7, 11) is 0. The van der Waals surface area contributed by atoms with Gasteiger partial charge in [-0.15, -0.1) is 0 Å². The number of halogens is 2. The molecule has 0 bridgehead atoms. The van der Waals surface area contributed by atoms with Crippen LogP contribution in [0.15, 0.2) is 36.5 Å². The fourth-order valence-corrected chi connectivity index (χ4v) is 1.75. The average Bonchev–Trinajstić information content (AvgIpc) is 2.41. The van der Waals surface area contributed by atoms with Crippen LogP contribution >= 0.6 is 11.6 Å². The van der Waals surface area contributed by atoms with Gasteiger partial charge < -0.3 is 10.4 Å². The van der Waals surface area contributed by atoms with Gasteiger partial charge in [0.05, 0.1) is 21.8 Å². The van der Waals surface area contributed by atoms with Crippen molar-refractivity contribution in [3.63, 3.8) is 0 Å². The second kappa shape index (κ2) is 5.66. The molecule has 0 aliphatic heterocycles. The minimum Gasteiger partial charge on any atom is -0.478 e. The third kappa shape index (κ3) is 2.92. The lowest BCUT2D eigenvalue weighted by Crippen LogP contribution is -2.15. The van der Waals surface area contributed by atoms with Gasteiger partial charge in [0.2, 0.25) is 5.95 Å². The number of nitrogens with one attached hydrogen (secondary N) is 1. The zero-order chi connectivity index (χ0) is 14.7. The van der Waals surface area contributed by atoms with Gasteiger partial charge in [-0.25, -0.2) is 9.78 Å². The maximum Gasteiger partial charge on any atom is 0.337 e. The maximum atomic E-state index is 12.7. The van der Waals surface area contributed by atoms with Crippen molar-refractivity contribution in [2.75, 3.05) is 5.32 Å². The highest BCUT2D eigenvalue weighted by atomic mass is 35.5. The fourth-order valence-electron chi connectivity index (χ4n) is 1.53. The lowest BCUT2D eigenvalue weighted by atomic mass is 10.1. The van der Waals surface area contributed by atoms with Gasteiger partial charge in [0, 0.05) is 6.20 Å². The van der Waals surface area contributed by atoms with Crippen molar-refractivity contribution < 1.29 is 19.1 Å². The first kappa shape index (κ1) is 14.0. The van der Waals surface area contributed by atoms with E-state index in [9.17, 15) is 14.0 Å². The summed E-state index contributed by atoms with van der Waals surface area (Å²) in [6.45, 7) is 0. The van der Waals surface area contributed by atoms with E-state index in [2.05, 4.69) is 10.3 Å². The lowest BCUT2D eigenvalue weighted by molar-refractivity contribution is 0.0698. The zero-order valence-electron chi connectivity index (χ0n) is 9.93. The highest BCUT2D eigenvalue weighted by molar-refractivity contribution is 6.34. The molecule has 0 saturated heterocycles. The summed E-state index contributed by atoms with van der Waals surface area (Å²) in [5, 5.41) is 11.5. The molecule has 2 N–H and O–H groups in total. The molecular formula is C13H8ClFN2O3. The van der Waals surface area contributed by atoms with Crippen LogP contribution in [0.25, 0.3) is 0 Å². The van der Waals surface area contributed by atoms with Crippen molar-refractivity contribution in [2.45, 2.75) is 0 Å². The number of carbonyl (C=O) groups is 2. The summed E-state index contributed by atoms with van der Waals surface area (Å²) in [6.07, 6.45) is 1.04. The number of carbonyl (C=O) groups excluding carboxylic acids is 1. The Morgan fingerprint density at radius 3 is 2.60 bits per heavy atom. The molecule has 0 aliphatic carbocycles. The van der Waals surface area contributed by atoms with Crippen LogP contribution in [0, 0.1) is 5.95 Å². The summed E-state index contributed by atoms with van der Waals surface area (Å²) >= 11 is 5.88. The first-order valence-corrected chi connectivity index (χ1v) is 5.81. The lowest BCUT2D eigenvalue weighted by Gasteiger charge is -2.10. The molecule has 1 aromatic carbocycles. The molecule has 1 heterocycles. The quantitative estimate of drug-likeness (QED) is 0.853. The monoisotopic (exact) mass is 294 g/mol. The number of hydrogen-bond donors (Lipinski definition) is 2. The van der Waals surface area contributed by atoms with E-state index in [1.165, 1.54) is 24.3 Å². The van der Waals surface area contributed by atoms with Gasteiger partial charge in [-0.2, -0.15) is 4.39 Å². The Labute approximate surface area is 118 Å². The number of aromatic nitrogens is 1. The van der Waals surface area contributed by atoms with Crippen LogP contribution in [-0.4, -0.2) is 22.0 Å². The standard InChI is InChI=1S/C13H8ClFN2O3/c14-9-3-1-2-8(13(19)20)11(9)17-12(18)7-4-5-10(15)16-6-7/h1-6H,(H,17,18)(H,19,20). The van der Waals surface area contributed by atoms with Crippen LogP contribution in [-0.2, 0) is 0 Å². The third-order valence-corrected chi connectivity index (χ3v) is 2.79. The molecule has 1 amide bonds. The molecule has 0 aliphatic rings. The third-order valence-electron chi connectivity index (χ3n) is 2.47. The number of carboxylic acid groups (broad SMARTS) is 1. The number of rotatable bonds is 3. The number of nitrogens with zero attached hydrogens (tertiary/aromatic N) is 1. The Hall–Kier alpha value is -2.47. The van der Waals surface area contributed by atoms with Gasteiger partial charge in [-0.3, -0.25) is 4.79 Å². The Bertz CT molecular complexity index is 674. The Morgan fingerprint density at radius 2 is 2.00 bits per heavy atom. The largest absolute Gasteiger partial charge is 0.478 e. The van der Waals surface area contributed by atoms with Gasteiger partial charge in [0.15, 0.2) is 0 Å². The first-order chi connectivity index (χ1) is 9.49. The number of para-hydroxylation sites is 1. The fraction of sp³-hybridized carbons (Fsp3) is 0. The Balaban J connectivity index is 2.32. The van der Waals surface area contributed by atoms with Gasteiger partial charge in [0.25, 0.3) is 5.91 Å². The van der Waals surface area contributed by atoms with Gasteiger partial charge in [-0.05, 0) is 24.3 Å². The van der Waals surface area contributed by atoms with E-state index in [0.29, 0.717) is 0 Å². The van der Waals surface area contributed by atoms with Crippen LogP contribution in [0.5, 0.6) is 0 Å². The number of amides is 1. The number of hydrogen-bond acceptors (Lipinski definition) is 3. The first-order valence-electron chi connectivity index (χ1n) is 5.44. The molecule has 1 aromatic heterocycles. The van der Waals surface area contributed by atoms with Crippen molar-refractivity contribution >= 4 is 29.2 Å². The molecule has 0 radical (unpaired) electrons. The zero-order valence-corrected chi connectivity index (χ0v) is 10.7.